The molecule has 4 nitrogen and oxygen atoms in total. The Balaban J connectivity index is 1.71. The maximum Gasteiger partial charge on any atom is 0.277 e. The van der Waals surface area contributed by atoms with E-state index in [1.807, 2.05) is 0 Å². The van der Waals surface area contributed by atoms with Crippen LogP contribution in [-0.4, -0.2) is 15.3 Å². The Labute approximate surface area is 124 Å². The fraction of sp³-hybridized carbons (Fsp3) is 0.0667. The van der Waals surface area contributed by atoms with Gasteiger partial charge in [-0.15, -0.1) is 10.2 Å². The Kier molecular flexibility index (Phi) is 3.87. The standard InChI is InChI=1S/C15H11FN2O2S/c16-13-4-2-1-3-11(13)9-21-15-18-17-14(20-15)10-5-7-12(19)8-6-10/h1-8,19H,9H2. The first-order valence-corrected chi connectivity index (χ1v) is 7.20. The zero-order chi connectivity index (χ0) is 14.7. The van der Waals surface area contributed by atoms with E-state index in [1.165, 1.54) is 17.8 Å². The van der Waals surface area contributed by atoms with Crippen molar-refractivity contribution in [2.45, 2.75) is 11.0 Å². The number of thioether (sulfide) groups is 1. The van der Waals surface area contributed by atoms with Gasteiger partial charge in [0.05, 0.1) is 0 Å². The van der Waals surface area contributed by atoms with Crippen LogP contribution in [0.15, 0.2) is 58.2 Å². The minimum Gasteiger partial charge on any atom is -0.508 e. The van der Waals surface area contributed by atoms with Gasteiger partial charge >= 0.3 is 0 Å². The molecule has 0 unspecified atom stereocenters. The predicted octanol–water partition coefficient (Wildman–Crippen LogP) is 3.87. The molecule has 0 bridgehead atoms. The Morgan fingerprint density at radius 1 is 1.05 bits per heavy atom. The molecule has 106 valence electrons. The lowest BCUT2D eigenvalue weighted by Gasteiger charge is -1.99. The molecule has 2 aromatic carbocycles. The molecule has 0 aliphatic rings. The lowest BCUT2D eigenvalue weighted by atomic mass is 10.2. The number of hydrogen-bond donors (Lipinski definition) is 1. The average molecular weight is 302 g/mol. The van der Waals surface area contributed by atoms with Crippen LogP contribution < -0.4 is 0 Å². The molecule has 1 N–H and O–H groups in total. The van der Waals surface area contributed by atoms with Gasteiger partial charge in [0.2, 0.25) is 5.89 Å². The van der Waals surface area contributed by atoms with Crippen LogP contribution >= 0.6 is 11.8 Å². The van der Waals surface area contributed by atoms with Crippen LogP contribution in [0.5, 0.6) is 5.75 Å². The average Bonchev–Trinajstić information content (AvgIpc) is 2.96. The van der Waals surface area contributed by atoms with Gasteiger partial charge in [0.15, 0.2) is 0 Å². The lowest BCUT2D eigenvalue weighted by Crippen LogP contribution is -1.86. The molecule has 0 fully saturated rings. The second-order valence-corrected chi connectivity index (χ2v) is 5.23. The molecule has 21 heavy (non-hydrogen) atoms. The van der Waals surface area contributed by atoms with Gasteiger partial charge in [0.25, 0.3) is 5.22 Å². The molecular formula is C15H11FN2O2S. The summed E-state index contributed by atoms with van der Waals surface area (Å²) >= 11 is 1.28. The number of halogens is 1. The van der Waals surface area contributed by atoms with Crippen LogP contribution in [0.4, 0.5) is 4.39 Å². The molecular weight excluding hydrogens is 291 g/mol. The Morgan fingerprint density at radius 3 is 2.57 bits per heavy atom. The topological polar surface area (TPSA) is 59.2 Å². The van der Waals surface area contributed by atoms with E-state index in [-0.39, 0.29) is 11.6 Å². The summed E-state index contributed by atoms with van der Waals surface area (Å²) in [6, 6.07) is 13.1. The van der Waals surface area contributed by atoms with E-state index in [0.29, 0.717) is 22.4 Å². The summed E-state index contributed by atoms with van der Waals surface area (Å²) in [6.45, 7) is 0. The summed E-state index contributed by atoms with van der Waals surface area (Å²) in [6.07, 6.45) is 0. The molecule has 0 saturated heterocycles. The van der Waals surface area contributed by atoms with Crippen molar-refractivity contribution in [2.24, 2.45) is 0 Å². The summed E-state index contributed by atoms with van der Waals surface area (Å²) in [7, 11) is 0. The fourth-order valence-corrected chi connectivity index (χ4v) is 2.49. The van der Waals surface area contributed by atoms with E-state index >= 15 is 0 Å². The molecule has 3 aromatic rings. The SMILES string of the molecule is Oc1ccc(-c2nnc(SCc3ccccc3F)o2)cc1. The number of aromatic hydroxyl groups is 1. The molecule has 1 heterocycles. The number of rotatable bonds is 4. The second-order valence-electron chi connectivity index (χ2n) is 4.30. The number of aromatic nitrogens is 2. The first-order valence-electron chi connectivity index (χ1n) is 6.21. The predicted molar refractivity (Wildman–Crippen MR) is 77.4 cm³/mol. The van der Waals surface area contributed by atoms with Gasteiger partial charge in [-0.1, -0.05) is 30.0 Å². The van der Waals surface area contributed by atoms with Crippen molar-refractivity contribution >= 4 is 11.8 Å². The van der Waals surface area contributed by atoms with Crippen molar-refractivity contribution in [3.8, 4) is 17.2 Å². The van der Waals surface area contributed by atoms with Crippen molar-refractivity contribution in [3.05, 3.63) is 59.9 Å². The van der Waals surface area contributed by atoms with E-state index in [1.54, 1.807) is 42.5 Å². The lowest BCUT2D eigenvalue weighted by molar-refractivity contribution is 0.465. The summed E-state index contributed by atoms with van der Waals surface area (Å²) in [5, 5.41) is 17.5. The molecule has 1 aromatic heterocycles. The van der Waals surface area contributed by atoms with E-state index < -0.39 is 0 Å². The van der Waals surface area contributed by atoms with Gasteiger partial charge in [-0.2, -0.15) is 0 Å². The maximum absolute atomic E-state index is 13.5. The highest BCUT2D eigenvalue weighted by molar-refractivity contribution is 7.98. The van der Waals surface area contributed by atoms with E-state index in [4.69, 9.17) is 4.42 Å². The van der Waals surface area contributed by atoms with Crippen LogP contribution in [0, 0.1) is 5.82 Å². The molecule has 0 atom stereocenters. The van der Waals surface area contributed by atoms with Crippen molar-refractivity contribution in [3.63, 3.8) is 0 Å². The largest absolute Gasteiger partial charge is 0.508 e. The van der Waals surface area contributed by atoms with Crippen LogP contribution in [0.25, 0.3) is 11.5 Å². The summed E-state index contributed by atoms with van der Waals surface area (Å²) < 4.78 is 19.0. The first kappa shape index (κ1) is 13.6. The van der Waals surface area contributed by atoms with Gasteiger partial charge in [-0.3, -0.25) is 0 Å². The molecule has 3 rings (SSSR count). The molecule has 0 radical (unpaired) electrons. The highest BCUT2D eigenvalue weighted by atomic mass is 32.2. The molecule has 0 aliphatic carbocycles. The number of phenols is 1. The Hall–Kier alpha value is -2.34. The Morgan fingerprint density at radius 2 is 1.81 bits per heavy atom. The summed E-state index contributed by atoms with van der Waals surface area (Å²) in [4.78, 5) is 0. The fourth-order valence-electron chi connectivity index (χ4n) is 1.74. The zero-order valence-corrected chi connectivity index (χ0v) is 11.7. The minimum absolute atomic E-state index is 0.174. The molecule has 0 aliphatic heterocycles. The first-order chi connectivity index (χ1) is 10.2. The van der Waals surface area contributed by atoms with Gasteiger partial charge in [-0.05, 0) is 35.9 Å². The third-order valence-corrected chi connectivity index (χ3v) is 3.70. The van der Waals surface area contributed by atoms with Crippen LogP contribution in [0.1, 0.15) is 5.56 Å². The number of hydrogen-bond acceptors (Lipinski definition) is 5. The highest BCUT2D eigenvalue weighted by Gasteiger charge is 2.10. The maximum atomic E-state index is 13.5. The molecule has 6 heteroatoms. The number of nitrogens with zero attached hydrogens (tertiary/aromatic N) is 2. The number of benzene rings is 2. The van der Waals surface area contributed by atoms with E-state index in [9.17, 15) is 9.50 Å². The quantitative estimate of drug-likeness (QED) is 0.741. The van der Waals surface area contributed by atoms with Crippen molar-refractivity contribution in [1.82, 2.24) is 10.2 Å². The second kappa shape index (κ2) is 5.97. The van der Waals surface area contributed by atoms with Gasteiger partial charge in [-0.25, -0.2) is 4.39 Å². The van der Waals surface area contributed by atoms with E-state index in [0.717, 1.165) is 5.56 Å². The summed E-state index contributed by atoms with van der Waals surface area (Å²) in [5.74, 6) is 0.714. The smallest absolute Gasteiger partial charge is 0.277 e. The summed E-state index contributed by atoms with van der Waals surface area (Å²) in [5.41, 5.74) is 1.31. The monoisotopic (exact) mass is 302 g/mol. The van der Waals surface area contributed by atoms with Crippen molar-refractivity contribution in [2.75, 3.05) is 0 Å². The van der Waals surface area contributed by atoms with Gasteiger partial charge in [0.1, 0.15) is 11.6 Å². The Bertz CT molecular complexity index is 743. The van der Waals surface area contributed by atoms with Crippen LogP contribution in [0.3, 0.4) is 0 Å². The molecule has 0 saturated carbocycles. The van der Waals surface area contributed by atoms with Crippen LogP contribution in [-0.2, 0) is 5.75 Å². The van der Waals surface area contributed by atoms with Gasteiger partial charge in [0, 0.05) is 11.3 Å². The van der Waals surface area contributed by atoms with Crippen LogP contribution in [0.2, 0.25) is 0 Å². The van der Waals surface area contributed by atoms with Crippen molar-refractivity contribution < 1.29 is 13.9 Å². The van der Waals surface area contributed by atoms with Gasteiger partial charge < -0.3 is 9.52 Å². The van der Waals surface area contributed by atoms with E-state index in [2.05, 4.69) is 10.2 Å². The molecule has 0 spiro atoms. The number of phenolic OH excluding ortho intramolecular Hbond substituents is 1. The normalized spacial score (nSPS) is 10.7. The third-order valence-electron chi connectivity index (χ3n) is 2.83. The third kappa shape index (κ3) is 3.22. The van der Waals surface area contributed by atoms with Crippen molar-refractivity contribution in [1.29, 1.82) is 0 Å². The molecule has 0 amide bonds. The minimum atomic E-state index is -0.247. The highest BCUT2D eigenvalue weighted by Crippen LogP contribution is 2.27. The zero-order valence-electron chi connectivity index (χ0n) is 10.9.